The lowest BCUT2D eigenvalue weighted by atomic mass is 9.90. The summed E-state index contributed by atoms with van der Waals surface area (Å²) in [5.74, 6) is 1.64. The van der Waals surface area contributed by atoms with E-state index in [0.29, 0.717) is 47.4 Å². The van der Waals surface area contributed by atoms with Gasteiger partial charge in [0.15, 0.2) is 11.5 Å². The fourth-order valence-corrected chi connectivity index (χ4v) is 7.60. The van der Waals surface area contributed by atoms with Crippen molar-refractivity contribution in [1.82, 2.24) is 9.80 Å². The number of ether oxygens (including phenoxy) is 2. The molecule has 3 aromatic carbocycles. The van der Waals surface area contributed by atoms with E-state index in [1.807, 2.05) is 42.2 Å². The highest BCUT2D eigenvalue weighted by Crippen LogP contribution is 2.40. The molecular formula is C35H44N4O5S. The molecule has 0 atom stereocenters. The number of methoxy groups -OCH3 is 2. The van der Waals surface area contributed by atoms with Crippen LogP contribution in [0, 0.1) is 0 Å². The minimum absolute atomic E-state index is 0.0640. The first-order chi connectivity index (χ1) is 21.8. The van der Waals surface area contributed by atoms with Crippen molar-refractivity contribution in [2.24, 2.45) is 4.99 Å². The van der Waals surface area contributed by atoms with Crippen LogP contribution in [0.1, 0.15) is 72.9 Å². The summed E-state index contributed by atoms with van der Waals surface area (Å²) >= 11 is 0. The molecular weight excluding hydrogens is 588 g/mol. The highest BCUT2D eigenvalue weighted by atomic mass is 32.2. The highest BCUT2D eigenvalue weighted by Gasteiger charge is 2.26. The number of benzene rings is 3. The third-order valence-electron chi connectivity index (χ3n) is 8.77. The maximum atomic E-state index is 13.6. The molecule has 0 spiro atoms. The predicted molar refractivity (Wildman–Crippen MR) is 179 cm³/mol. The number of hydrogen-bond acceptors (Lipinski definition) is 7. The molecule has 1 N–H and O–H groups in total. The minimum atomic E-state index is -3.91. The number of sulfonamides is 1. The van der Waals surface area contributed by atoms with Crippen molar-refractivity contribution >= 4 is 33.5 Å². The van der Waals surface area contributed by atoms with E-state index in [-0.39, 0.29) is 10.8 Å². The van der Waals surface area contributed by atoms with Crippen LogP contribution < -0.4 is 14.2 Å². The number of carbonyl (C=O) groups is 1. The topological polar surface area (TPSA) is 101 Å². The maximum Gasteiger partial charge on any atom is 0.264 e. The first-order valence-electron chi connectivity index (χ1n) is 15.8. The van der Waals surface area contributed by atoms with Crippen molar-refractivity contribution in [3.05, 3.63) is 77.4 Å². The van der Waals surface area contributed by atoms with Gasteiger partial charge in [0.2, 0.25) is 0 Å². The molecule has 1 aliphatic heterocycles. The number of anilines is 1. The Morgan fingerprint density at radius 2 is 1.60 bits per heavy atom. The Balaban J connectivity index is 1.22. The summed E-state index contributed by atoms with van der Waals surface area (Å²) in [6, 6.07) is 18.0. The van der Waals surface area contributed by atoms with Crippen molar-refractivity contribution in [3.63, 3.8) is 0 Å². The van der Waals surface area contributed by atoms with Crippen molar-refractivity contribution in [1.29, 1.82) is 0 Å². The molecule has 1 amide bonds. The van der Waals surface area contributed by atoms with E-state index in [1.165, 1.54) is 12.8 Å². The molecule has 2 fully saturated rings. The van der Waals surface area contributed by atoms with Crippen LogP contribution in [0.2, 0.25) is 0 Å². The van der Waals surface area contributed by atoms with Gasteiger partial charge >= 0.3 is 0 Å². The summed E-state index contributed by atoms with van der Waals surface area (Å²) in [4.78, 5) is 22.2. The quantitative estimate of drug-likeness (QED) is 0.199. The third-order valence-corrected chi connectivity index (χ3v) is 10.2. The van der Waals surface area contributed by atoms with Gasteiger partial charge in [0.25, 0.3) is 15.9 Å². The number of carbonyl (C=O) groups excluding carboxylic acids is 1. The SMILES string of the molecule is CC=Nc1c(C2CCCCCC2)cccc1S(=O)(=O)Nc1ccc(C(=O)N2CCN(Cc3ccc(OC)c(OC)c3)CC2)cc1. The number of hydrogen-bond donors (Lipinski definition) is 1. The Morgan fingerprint density at radius 1 is 0.911 bits per heavy atom. The molecule has 10 heteroatoms. The van der Waals surface area contributed by atoms with Crippen molar-refractivity contribution in [2.45, 2.75) is 62.8 Å². The van der Waals surface area contributed by atoms with Gasteiger partial charge in [-0.2, -0.15) is 0 Å². The van der Waals surface area contributed by atoms with Crippen LogP contribution in [0.15, 0.2) is 70.6 Å². The summed E-state index contributed by atoms with van der Waals surface area (Å²) in [6.45, 7) is 5.28. The van der Waals surface area contributed by atoms with E-state index < -0.39 is 10.0 Å². The second kappa shape index (κ2) is 14.9. The maximum absolute atomic E-state index is 13.6. The van der Waals surface area contributed by atoms with Gasteiger partial charge in [-0.1, -0.05) is 43.9 Å². The Labute approximate surface area is 267 Å². The van der Waals surface area contributed by atoms with Crippen LogP contribution in [0.25, 0.3) is 0 Å². The zero-order valence-electron chi connectivity index (χ0n) is 26.5. The second-order valence-corrected chi connectivity index (χ2v) is 13.4. The molecule has 1 aliphatic carbocycles. The van der Waals surface area contributed by atoms with E-state index in [0.717, 1.165) is 56.4 Å². The molecule has 0 aromatic heterocycles. The lowest BCUT2D eigenvalue weighted by Crippen LogP contribution is -2.48. The monoisotopic (exact) mass is 632 g/mol. The molecule has 3 aromatic rings. The number of nitrogens with zero attached hydrogens (tertiary/aromatic N) is 3. The Morgan fingerprint density at radius 3 is 2.24 bits per heavy atom. The number of para-hydroxylation sites is 1. The first-order valence-corrected chi connectivity index (χ1v) is 17.3. The van der Waals surface area contributed by atoms with Gasteiger partial charge in [-0.15, -0.1) is 0 Å². The summed E-state index contributed by atoms with van der Waals surface area (Å²) < 4.78 is 40.7. The molecule has 0 radical (unpaired) electrons. The van der Waals surface area contributed by atoms with Gasteiger partial charge in [-0.3, -0.25) is 19.4 Å². The first kappa shape index (κ1) is 32.5. The third kappa shape index (κ3) is 7.86. The molecule has 1 saturated carbocycles. The number of rotatable bonds is 10. The Kier molecular flexibility index (Phi) is 10.8. The van der Waals surface area contributed by atoms with Gasteiger partial charge in [0.05, 0.1) is 19.9 Å². The fraction of sp³-hybridized carbons (Fsp3) is 0.429. The highest BCUT2D eigenvalue weighted by molar-refractivity contribution is 7.92. The average Bonchev–Trinajstić information content (AvgIpc) is 3.35. The molecule has 1 saturated heterocycles. The van der Waals surface area contributed by atoms with Gasteiger partial charge in [0.1, 0.15) is 4.90 Å². The van der Waals surface area contributed by atoms with Crippen molar-refractivity contribution in [3.8, 4) is 11.5 Å². The van der Waals surface area contributed by atoms with Crippen LogP contribution in [-0.2, 0) is 16.6 Å². The zero-order valence-corrected chi connectivity index (χ0v) is 27.3. The summed E-state index contributed by atoms with van der Waals surface area (Å²) in [7, 11) is -0.660. The van der Waals surface area contributed by atoms with Crippen LogP contribution >= 0.6 is 0 Å². The summed E-state index contributed by atoms with van der Waals surface area (Å²) in [6.07, 6.45) is 8.49. The van der Waals surface area contributed by atoms with Crippen LogP contribution in [-0.4, -0.2) is 70.7 Å². The molecule has 2 aliphatic rings. The number of piperazine rings is 1. The largest absolute Gasteiger partial charge is 0.493 e. The molecule has 240 valence electrons. The van der Waals surface area contributed by atoms with E-state index in [2.05, 4.69) is 14.6 Å². The lowest BCUT2D eigenvalue weighted by molar-refractivity contribution is 0.0628. The molecule has 0 bridgehead atoms. The lowest BCUT2D eigenvalue weighted by Gasteiger charge is -2.35. The van der Waals surface area contributed by atoms with E-state index in [1.54, 1.807) is 50.8 Å². The summed E-state index contributed by atoms with van der Waals surface area (Å²) in [5.41, 5.74) is 3.57. The van der Waals surface area contributed by atoms with Crippen molar-refractivity contribution in [2.75, 3.05) is 45.1 Å². The Hall–Kier alpha value is -3.89. The van der Waals surface area contributed by atoms with Crippen molar-refractivity contribution < 1.29 is 22.7 Å². The fourth-order valence-electron chi connectivity index (χ4n) is 6.36. The van der Waals surface area contributed by atoms with Gasteiger partial charge in [-0.05, 0) is 79.3 Å². The van der Waals surface area contributed by atoms with Gasteiger partial charge in [0, 0.05) is 50.2 Å². The van der Waals surface area contributed by atoms with Gasteiger partial charge < -0.3 is 14.4 Å². The Bertz CT molecular complexity index is 1590. The van der Waals surface area contributed by atoms with Crippen LogP contribution in [0.4, 0.5) is 11.4 Å². The van der Waals surface area contributed by atoms with Gasteiger partial charge in [-0.25, -0.2) is 8.42 Å². The molecule has 9 nitrogen and oxygen atoms in total. The van der Waals surface area contributed by atoms with E-state index in [9.17, 15) is 13.2 Å². The molecule has 45 heavy (non-hydrogen) atoms. The average molecular weight is 633 g/mol. The summed E-state index contributed by atoms with van der Waals surface area (Å²) in [5, 5.41) is 0. The number of aliphatic imine (C=N–C) groups is 1. The standard InChI is InChI=1S/C35H44N4O5S/c1-4-36-34-30(27-10-7-5-6-8-11-27)12-9-13-33(34)45(41,42)37-29-17-15-28(16-18-29)35(40)39-22-20-38(21-23-39)25-26-14-19-31(43-2)32(24-26)44-3/h4,9,12-19,24,27,37H,5-8,10-11,20-23,25H2,1-3H3. The molecule has 5 rings (SSSR count). The number of nitrogens with one attached hydrogen (secondary N) is 1. The van der Waals surface area contributed by atoms with Crippen LogP contribution in [0.3, 0.4) is 0 Å². The number of amides is 1. The minimum Gasteiger partial charge on any atom is -0.493 e. The molecule has 0 unspecified atom stereocenters. The van der Waals surface area contributed by atoms with E-state index >= 15 is 0 Å². The normalized spacial score (nSPS) is 16.8. The zero-order chi connectivity index (χ0) is 31.8. The van der Waals surface area contributed by atoms with Crippen LogP contribution in [0.5, 0.6) is 11.5 Å². The van der Waals surface area contributed by atoms with E-state index in [4.69, 9.17) is 9.47 Å². The second-order valence-electron chi connectivity index (χ2n) is 11.7. The predicted octanol–water partition coefficient (Wildman–Crippen LogP) is 6.62. The molecule has 1 heterocycles. The smallest absolute Gasteiger partial charge is 0.264 e.